The van der Waals surface area contributed by atoms with Gasteiger partial charge in [-0.15, -0.1) is 0 Å². The van der Waals surface area contributed by atoms with Crippen molar-refractivity contribution in [2.45, 2.75) is 45.6 Å². The predicted molar refractivity (Wildman–Crippen MR) is 65.0 cm³/mol. The van der Waals surface area contributed by atoms with Crippen LogP contribution in [0.15, 0.2) is 0 Å². The first-order valence-electron chi connectivity index (χ1n) is 6.70. The molecular formula is C13H26N2. The third kappa shape index (κ3) is 3.76. The molecule has 2 rings (SSSR count). The Morgan fingerprint density at radius 2 is 2.07 bits per heavy atom. The lowest BCUT2D eigenvalue weighted by atomic mass is 9.98. The summed E-state index contributed by atoms with van der Waals surface area (Å²) in [5.74, 6) is 1.74. The van der Waals surface area contributed by atoms with Crippen LogP contribution in [0.3, 0.4) is 0 Å². The Morgan fingerprint density at radius 3 is 2.60 bits per heavy atom. The van der Waals surface area contributed by atoms with Gasteiger partial charge in [-0.1, -0.05) is 13.8 Å². The topological polar surface area (TPSA) is 15.3 Å². The van der Waals surface area contributed by atoms with Gasteiger partial charge >= 0.3 is 0 Å². The normalized spacial score (nSPS) is 27.6. The molecule has 1 heterocycles. The first kappa shape index (κ1) is 11.4. The number of piperidine rings is 1. The maximum Gasteiger partial charge on any atom is 0.00966 e. The van der Waals surface area contributed by atoms with E-state index in [1.807, 2.05) is 0 Å². The van der Waals surface area contributed by atoms with Crippen LogP contribution in [0.2, 0.25) is 0 Å². The van der Waals surface area contributed by atoms with Crippen LogP contribution in [0.1, 0.15) is 39.5 Å². The molecule has 0 amide bonds. The molecule has 0 radical (unpaired) electrons. The molecule has 1 aliphatic carbocycles. The smallest absolute Gasteiger partial charge is 0.00966 e. The van der Waals surface area contributed by atoms with Crippen LogP contribution in [-0.2, 0) is 0 Å². The maximum absolute atomic E-state index is 3.53. The summed E-state index contributed by atoms with van der Waals surface area (Å²) >= 11 is 0. The molecule has 0 aromatic heterocycles. The van der Waals surface area contributed by atoms with Crippen LogP contribution in [0.5, 0.6) is 0 Å². The van der Waals surface area contributed by atoms with E-state index in [-0.39, 0.29) is 0 Å². The molecule has 2 heteroatoms. The van der Waals surface area contributed by atoms with Gasteiger partial charge in [-0.25, -0.2) is 0 Å². The second-order valence-electron chi connectivity index (χ2n) is 5.79. The van der Waals surface area contributed by atoms with E-state index in [0.717, 1.165) is 17.9 Å². The predicted octanol–water partition coefficient (Wildman–Crippen LogP) is 2.11. The molecule has 1 unspecified atom stereocenters. The van der Waals surface area contributed by atoms with Crippen molar-refractivity contribution in [3.8, 4) is 0 Å². The van der Waals surface area contributed by atoms with Crippen molar-refractivity contribution in [1.29, 1.82) is 0 Å². The fourth-order valence-electron chi connectivity index (χ4n) is 2.69. The van der Waals surface area contributed by atoms with Gasteiger partial charge in [0.2, 0.25) is 0 Å². The molecule has 0 bridgehead atoms. The Balaban J connectivity index is 1.77. The van der Waals surface area contributed by atoms with Gasteiger partial charge in [0, 0.05) is 19.1 Å². The molecule has 0 aromatic carbocycles. The summed E-state index contributed by atoms with van der Waals surface area (Å²) in [6.07, 6.45) is 5.72. The van der Waals surface area contributed by atoms with Crippen LogP contribution in [0, 0.1) is 11.8 Å². The Kier molecular flexibility index (Phi) is 4.04. The first-order valence-corrected chi connectivity index (χ1v) is 6.70. The standard InChI is InChI=1S/C13H26N2/c1-11(2)9-15(13-5-6-13)10-12-4-3-7-14-8-12/h11-14H,3-10H2,1-2H3. The molecule has 15 heavy (non-hydrogen) atoms. The molecule has 2 aliphatic rings. The number of nitrogens with one attached hydrogen (secondary N) is 1. The molecule has 0 aromatic rings. The van der Waals surface area contributed by atoms with Gasteiger partial charge in [-0.3, -0.25) is 4.90 Å². The summed E-state index contributed by atoms with van der Waals surface area (Å²) in [4.78, 5) is 2.75. The fraction of sp³-hybridized carbons (Fsp3) is 1.00. The SMILES string of the molecule is CC(C)CN(CC1CCCNC1)C1CC1. The third-order valence-corrected chi connectivity index (χ3v) is 3.55. The summed E-state index contributed by atoms with van der Waals surface area (Å²) in [6.45, 7) is 9.82. The van der Waals surface area contributed by atoms with Gasteiger partial charge in [-0.05, 0) is 50.6 Å². The highest BCUT2D eigenvalue weighted by atomic mass is 15.2. The molecule has 1 saturated heterocycles. The van der Waals surface area contributed by atoms with Crippen molar-refractivity contribution in [3.05, 3.63) is 0 Å². The van der Waals surface area contributed by atoms with Gasteiger partial charge in [0.15, 0.2) is 0 Å². The molecule has 1 aliphatic heterocycles. The monoisotopic (exact) mass is 210 g/mol. The van der Waals surface area contributed by atoms with Gasteiger partial charge in [0.05, 0.1) is 0 Å². The summed E-state index contributed by atoms with van der Waals surface area (Å²) in [6, 6.07) is 0.939. The van der Waals surface area contributed by atoms with E-state index in [0.29, 0.717) is 0 Å². The zero-order chi connectivity index (χ0) is 10.7. The Morgan fingerprint density at radius 1 is 1.27 bits per heavy atom. The zero-order valence-electron chi connectivity index (χ0n) is 10.3. The van der Waals surface area contributed by atoms with E-state index >= 15 is 0 Å². The van der Waals surface area contributed by atoms with E-state index in [1.165, 1.54) is 51.9 Å². The highest BCUT2D eigenvalue weighted by Gasteiger charge is 2.30. The zero-order valence-corrected chi connectivity index (χ0v) is 10.3. The van der Waals surface area contributed by atoms with Gasteiger partial charge < -0.3 is 5.32 Å². The molecule has 88 valence electrons. The minimum absolute atomic E-state index is 0.821. The maximum atomic E-state index is 3.53. The number of hydrogen-bond donors (Lipinski definition) is 1. The van der Waals surface area contributed by atoms with Crippen LogP contribution in [-0.4, -0.2) is 37.1 Å². The molecule has 2 fully saturated rings. The van der Waals surface area contributed by atoms with E-state index in [4.69, 9.17) is 0 Å². The molecular weight excluding hydrogens is 184 g/mol. The fourth-order valence-corrected chi connectivity index (χ4v) is 2.69. The third-order valence-electron chi connectivity index (χ3n) is 3.55. The minimum Gasteiger partial charge on any atom is -0.316 e. The van der Waals surface area contributed by atoms with Crippen LogP contribution < -0.4 is 5.32 Å². The van der Waals surface area contributed by atoms with Gasteiger partial charge in [0.1, 0.15) is 0 Å². The molecule has 0 spiro atoms. The van der Waals surface area contributed by atoms with Crippen molar-refractivity contribution in [3.63, 3.8) is 0 Å². The lowest BCUT2D eigenvalue weighted by molar-refractivity contribution is 0.182. The van der Waals surface area contributed by atoms with Gasteiger partial charge in [-0.2, -0.15) is 0 Å². The summed E-state index contributed by atoms with van der Waals surface area (Å²) in [5, 5.41) is 3.53. The summed E-state index contributed by atoms with van der Waals surface area (Å²) in [7, 11) is 0. The van der Waals surface area contributed by atoms with Crippen molar-refractivity contribution >= 4 is 0 Å². The van der Waals surface area contributed by atoms with Crippen molar-refractivity contribution < 1.29 is 0 Å². The highest BCUT2D eigenvalue weighted by molar-refractivity contribution is 4.87. The molecule has 1 atom stereocenters. The van der Waals surface area contributed by atoms with Crippen LogP contribution >= 0.6 is 0 Å². The van der Waals surface area contributed by atoms with E-state index in [1.54, 1.807) is 0 Å². The lowest BCUT2D eigenvalue weighted by Crippen LogP contribution is -2.40. The second-order valence-corrected chi connectivity index (χ2v) is 5.79. The van der Waals surface area contributed by atoms with Crippen LogP contribution in [0.25, 0.3) is 0 Å². The van der Waals surface area contributed by atoms with Crippen molar-refractivity contribution in [2.24, 2.45) is 11.8 Å². The Bertz CT molecular complexity index is 181. The largest absolute Gasteiger partial charge is 0.316 e. The quantitative estimate of drug-likeness (QED) is 0.747. The Labute approximate surface area is 94.4 Å². The van der Waals surface area contributed by atoms with E-state index < -0.39 is 0 Å². The van der Waals surface area contributed by atoms with E-state index in [9.17, 15) is 0 Å². The molecule has 1 N–H and O–H groups in total. The average Bonchev–Trinajstić information content (AvgIpc) is 3.01. The number of rotatable bonds is 5. The Hall–Kier alpha value is -0.0800. The van der Waals surface area contributed by atoms with Crippen LogP contribution in [0.4, 0.5) is 0 Å². The van der Waals surface area contributed by atoms with Crippen molar-refractivity contribution in [2.75, 3.05) is 26.2 Å². The summed E-state index contributed by atoms with van der Waals surface area (Å²) in [5.41, 5.74) is 0. The second kappa shape index (κ2) is 5.31. The lowest BCUT2D eigenvalue weighted by Gasteiger charge is -2.31. The highest BCUT2D eigenvalue weighted by Crippen LogP contribution is 2.29. The van der Waals surface area contributed by atoms with Gasteiger partial charge in [0.25, 0.3) is 0 Å². The summed E-state index contributed by atoms with van der Waals surface area (Å²) < 4.78 is 0. The minimum atomic E-state index is 0.821. The molecule has 2 nitrogen and oxygen atoms in total. The first-order chi connectivity index (χ1) is 7.25. The van der Waals surface area contributed by atoms with E-state index in [2.05, 4.69) is 24.1 Å². The number of hydrogen-bond acceptors (Lipinski definition) is 2. The molecule has 1 saturated carbocycles. The van der Waals surface area contributed by atoms with Crippen molar-refractivity contribution in [1.82, 2.24) is 10.2 Å². The average molecular weight is 210 g/mol. The number of nitrogens with zero attached hydrogens (tertiary/aromatic N) is 1.